The highest BCUT2D eigenvalue weighted by atomic mass is 32.1. The number of amides is 1. The molecule has 0 spiro atoms. The normalized spacial score (nSPS) is 17.6. The summed E-state index contributed by atoms with van der Waals surface area (Å²) in [5, 5.41) is 13.6. The van der Waals surface area contributed by atoms with Gasteiger partial charge in [-0.15, -0.1) is 16.4 Å². The molecule has 128 valence electrons. The van der Waals surface area contributed by atoms with Crippen molar-refractivity contribution >= 4 is 17.2 Å². The van der Waals surface area contributed by atoms with Crippen LogP contribution in [0.4, 0.5) is 0 Å². The smallest absolute Gasteiger partial charge is 0.276 e. The molecule has 3 aromatic heterocycles. The minimum atomic E-state index is -0.0900. The van der Waals surface area contributed by atoms with Gasteiger partial charge in [0.05, 0.1) is 18.8 Å². The molecule has 0 aromatic carbocycles. The molecule has 0 bridgehead atoms. The number of nitrogens with zero attached hydrogens (tertiary/aromatic N) is 5. The third-order valence-electron chi connectivity index (χ3n) is 4.23. The Hall–Kier alpha value is -2.58. The summed E-state index contributed by atoms with van der Waals surface area (Å²) in [7, 11) is 0. The second-order valence-corrected chi connectivity index (χ2v) is 6.92. The SMILES string of the molecule is O=C(c1cn(Cc2cccs2)nn1)N1CCNCC1c1cccnc1. The fourth-order valence-electron chi connectivity index (χ4n) is 3.00. The molecule has 8 heteroatoms. The first kappa shape index (κ1) is 15.9. The fourth-order valence-corrected chi connectivity index (χ4v) is 3.70. The summed E-state index contributed by atoms with van der Waals surface area (Å²) < 4.78 is 1.71. The lowest BCUT2D eigenvalue weighted by Crippen LogP contribution is -2.48. The maximum Gasteiger partial charge on any atom is 0.276 e. The number of pyridine rings is 1. The van der Waals surface area contributed by atoms with Gasteiger partial charge in [0.15, 0.2) is 5.69 Å². The van der Waals surface area contributed by atoms with E-state index in [-0.39, 0.29) is 11.9 Å². The van der Waals surface area contributed by atoms with Crippen molar-refractivity contribution in [2.75, 3.05) is 19.6 Å². The molecular formula is C17H18N6OS. The molecule has 25 heavy (non-hydrogen) atoms. The zero-order valence-electron chi connectivity index (χ0n) is 13.6. The molecule has 1 aliphatic heterocycles. The van der Waals surface area contributed by atoms with Crippen LogP contribution in [-0.4, -0.2) is 50.4 Å². The summed E-state index contributed by atoms with van der Waals surface area (Å²) in [6.45, 7) is 2.74. The zero-order valence-corrected chi connectivity index (χ0v) is 14.4. The Kier molecular flexibility index (Phi) is 4.53. The number of rotatable bonds is 4. The number of nitrogens with one attached hydrogen (secondary N) is 1. The van der Waals surface area contributed by atoms with Gasteiger partial charge in [-0.3, -0.25) is 9.78 Å². The van der Waals surface area contributed by atoms with Gasteiger partial charge in [0, 0.05) is 36.9 Å². The van der Waals surface area contributed by atoms with E-state index in [2.05, 4.69) is 20.6 Å². The van der Waals surface area contributed by atoms with Crippen LogP contribution >= 0.6 is 11.3 Å². The van der Waals surface area contributed by atoms with E-state index in [4.69, 9.17) is 0 Å². The standard InChI is InChI=1S/C17H18N6OS/c24-17(15-12-22(21-20-15)11-14-4-2-8-25-14)23-7-6-19-10-16(23)13-3-1-5-18-9-13/h1-5,8-9,12,16,19H,6-7,10-11H2. The monoisotopic (exact) mass is 354 g/mol. The van der Waals surface area contributed by atoms with Crippen LogP contribution in [0.15, 0.2) is 48.2 Å². The molecule has 0 radical (unpaired) electrons. The minimum absolute atomic E-state index is 0.0441. The van der Waals surface area contributed by atoms with E-state index in [1.807, 2.05) is 40.7 Å². The predicted molar refractivity (Wildman–Crippen MR) is 94.3 cm³/mol. The van der Waals surface area contributed by atoms with Crippen LogP contribution in [0.5, 0.6) is 0 Å². The van der Waals surface area contributed by atoms with E-state index >= 15 is 0 Å². The highest BCUT2D eigenvalue weighted by molar-refractivity contribution is 7.09. The fraction of sp³-hybridized carbons (Fsp3) is 0.294. The average molecular weight is 354 g/mol. The Bertz CT molecular complexity index is 832. The van der Waals surface area contributed by atoms with Crippen LogP contribution in [0.2, 0.25) is 0 Å². The Morgan fingerprint density at radius 3 is 3.12 bits per heavy atom. The van der Waals surface area contributed by atoms with Crippen LogP contribution in [-0.2, 0) is 6.54 Å². The topological polar surface area (TPSA) is 75.9 Å². The largest absolute Gasteiger partial charge is 0.328 e. The van der Waals surface area contributed by atoms with Crippen LogP contribution < -0.4 is 5.32 Å². The number of carbonyl (C=O) groups is 1. The lowest BCUT2D eigenvalue weighted by atomic mass is 10.0. The number of hydrogen-bond acceptors (Lipinski definition) is 6. The van der Waals surface area contributed by atoms with E-state index < -0.39 is 0 Å². The Morgan fingerprint density at radius 2 is 2.32 bits per heavy atom. The van der Waals surface area contributed by atoms with Gasteiger partial charge in [0.1, 0.15) is 0 Å². The lowest BCUT2D eigenvalue weighted by Gasteiger charge is -2.35. The summed E-state index contributed by atoms with van der Waals surface area (Å²) in [6, 6.07) is 7.89. The Labute approximate surface area is 149 Å². The van der Waals surface area contributed by atoms with Crippen molar-refractivity contribution in [2.24, 2.45) is 0 Å². The number of hydrogen-bond donors (Lipinski definition) is 1. The molecule has 1 unspecified atom stereocenters. The third-order valence-corrected chi connectivity index (χ3v) is 5.09. The van der Waals surface area contributed by atoms with Crippen molar-refractivity contribution < 1.29 is 4.79 Å². The number of aromatic nitrogens is 4. The lowest BCUT2D eigenvalue weighted by molar-refractivity contribution is 0.0627. The summed E-state index contributed by atoms with van der Waals surface area (Å²) in [5.74, 6) is -0.0900. The number of piperazine rings is 1. The van der Waals surface area contributed by atoms with Gasteiger partial charge in [-0.05, 0) is 23.1 Å². The van der Waals surface area contributed by atoms with Gasteiger partial charge in [-0.2, -0.15) is 0 Å². The first-order chi connectivity index (χ1) is 12.3. The van der Waals surface area contributed by atoms with Crippen molar-refractivity contribution in [3.8, 4) is 0 Å². The molecule has 7 nitrogen and oxygen atoms in total. The molecule has 0 saturated carbocycles. The first-order valence-electron chi connectivity index (χ1n) is 8.15. The average Bonchev–Trinajstić information content (AvgIpc) is 3.34. The van der Waals surface area contributed by atoms with Gasteiger partial charge < -0.3 is 10.2 Å². The highest BCUT2D eigenvalue weighted by Gasteiger charge is 2.30. The van der Waals surface area contributed by atoms with Gasteiger partial charge >= 0.3 is 0 Å². The molecule has 4 heterocycles. The van der Waals surface area contributed by atoms with Crippen LogP contribution in [0.3, 0.4) is 0 Å². The molecule has 1 N–H and O–H groups in total. The zero-order chi connectivity index (χ0) is 17.1. The second kappa shape index (κ2) is 7.12. The van der Waals surface area contributed by atoms with E-state index in [0.29, 0.717) is 25.3 Å². The van der Waals surface area contributed by atoms with Gasteiger partial charge in [0.25, 0.3) is 5.91 Å². The van der Waals surface area contributed by atoms with Crippen molar-refractivity contribution in [1.29, 1.82) is 0 Å². The molecule has 1 amide bonds. The maximum atomic E-state index is 13.0. The predicted octanol–water partition coefficient (Wildman–Crippen LogP) is 1.57. The van der Waals surface area contributed by atoms with Crippen molar-refractivity contribution in [1.82, 2.24) is 30.2 Å². The summed E-state index contributed by atoms with van der Waals surface area (Å²) in [5.41, 5.74) is 1.40. The van der Waals surface area contributed by atoms with E-state index in [9.17, 15) is 4.79 Å². The second-order valence-electron chi connectivity index (χ2n) is 5.89. The molecule has 1 atom stereocenters. The van der Waals surface area contributed by atoms with Crippen molar-refractivity contribution in [3.63, 3.8) is 0 Å². The van der Waals surface area contributed by atoms with E-state index in [1.54, 1.807) is 28.4 Å². The molecule has 3 aromatic rings. The van der Waals surface area contributed by atoms with E-state index in [1.165, 1.54) is 4.88 Å². The molecule has 1 aliphatic rings. The molecule has 0 aliphatic carbocycles. The third kappa shape index (κ3) is 3.45. The number of carbonyl (C=O) groups excluding carboxylic acids is 1. The molecular weight excluding hydrogens is 336 g/mol. The summed E-state index contributed by atoms with van der Waals surface area (Å²) in [4.78, 5) is 20.2. The van der Waals surface area contributed by atoms with E-state index in [0.717, 1.165) is 12.1 Å². The van der Waals surface area contributed by atoms with Crippen molar-refractivity contribution in [3.05, 3.63) is 64.4 Å². The Morgan fingerprint density at radius 1 is 1.36 bits per heavy atom. The summed E-state index contributed by atoms with van der Waals surface area (Å²) >= 11 is 1.66. The highest BCUT2D eigenvalue weighted by Crippen LogP contribution is 2.23. The van der Waals surface area contributed by atoms with Crippen molar-refractivity contribution in [2.45, 2.75) is 12.6 Å². The Balaban J connectivity index is 1.53. The minimum Gasteiger partial charge on any atom is -0.328 e. The van der Waals surface area contributed by atoms with Gasteiger partial charge in [0.2, 0.25) is 0 Å². The number of thiophene rings is 1. The summed E-state index contributed by atoms with van der Waals surface area (Å²) in [6.07, 6.45) is 5.28. The van der Waals surface area contributed by atoms with Crippen LogP contribution in [0.1, 0.15) is 27.0 Å². The maximum absolute atomic E-state index is 13.0. The first-order valence-corrected chi connectivity index (χ1v) is 9.03. The molecule has 4 rings (SSSR count). The van der Waals surface area contributed by atoms with Gasteiger partial charge in [-0.25, -0.2) is 4.68 Å². The quantitative estimate of drug-likeness (QED) is 0.770. The molecule has 1 fully saturated rings. The van der Waals surface area contributed by atoms with Crippen LogP contribution in [0.25, 0.3) is 0 Å². The van der Waals surface area contributed by atoms with Gasteiger partial charge in [-0.1, -0.05) is 17.3 Å². The van der Waals surface area contributed by atoms with Crippen LogP contribution in [0, 0.1) is 0 Å². The molecule has 1 saturated heterocycles.